The average Bonchev–Trinajstić information content (AvgIpc) is 3.58. The SMILES string of the molecule is O=C1CC(=Cc2cnn3c(N4CCC(F)C4)nc(N4CCN(c5ccccn5)CC4)nc23)C(O)N1. The Balaban J connectivity index is 1.35. The Bertz CT molecular complexity index is 1270. The lowest BCUT2D eigenvalue weighted by Gasteiger charge is -2.35. The second-order valence-electron chi connectivity index (χ2n) is 9.02. The summed E-state index contributed by atoms with van der Waals surface area (Å²) in [5.41, 5.74) is 1.78. The fourth-order valence-corrected chi connectivity index (χ4v) is 4.80. The van der Waals surface area contributed by atoms with Crippen molar-refractivity contribution in [3.8, 4) is 0 Å². The summed E-state index contributed by atoms with van der Waals surface area (Å²) >= 11 is 0. The summed E-state index contributed by atoms with van der Waals surface area (Å²) in [4.78, 5) is 32.0. The van der Waals surface area contributed by atoms with E-state index in [0.717, 1.165) is 18.9 Å². The Labute approximate surface area is 200 Å². The van der Waals surface area contributed by atoms with Gasteiger partial charge in [0.05, 0.1) is 19.2 Å². The van der Waals surface area contributed by atoms with Crippen molar-refractivity contribution >= 4 is 35.3 Å². The Morgan fingerprint density at radius 2 is 1.91 bits per heavy atom. The fourth-order valence-electron chi connectivity index (χ4n) is 4.80. The van der Waals surface area contributed by atoms with Crippen molar-refractivity contribution in [3.63, 3.8) is 0 Å². The van der Waals surface area contributed by atoms with E-state index in [1.54, 1.807) is 23.0 Å². The Morgan fingerprint density at radius 1 is 1.09 bits per heavy atom. The van der Waals surface area contributed by atoms with E-state index in [1.165, 1.54) is 0 Å². The van der Waals surface area contributed by atoms with Gasteiger partial charge in [-0.05, 0) is 30.2 Å². The first-order valence-electron chi connectivity index (χ1n) is 11.8. The number of carbonyl (C=O) groups excluding carboxylic acids is 1. The van der Waals surface area contributed by atoms with Crippen LogP contribution in [0.2, 0.25) is 0 Å². The van der Waals surface area contributed by atoms with Gasteiger partial charge in [0.15, 0.2) is 5.65 Å². The second-order valence-corrected chi connectivity index (χ2v) is 9.02. The van der Waals surface area contributed by atoms with Crippen LogP contribution in [0.25, 0.3) is 11.7 Å². The van der Waals surface area contributed by atoms with Crippen LogP contribution in [-0.4, -0.2) is 87.2 Å². The molecule has 3 aliphatic heterocycles. The van der Waals surface area contributed by atoms with Gasteiger partial charge in [0.1, 0.15) is 18.2 Å². The van der Waals surface area contributed by atoms with Crippen molar-refractivity contribution < 1.29 is 14.3 Å². The molecule has 0 spiro atoms. The van der Waals surface area contributed by atoms with Crippen molar-refractivity contribution in [3.05, 3.63) is 41.7 Å². The van der Waals surface area contributed by atoms with Gasteiger partial charge >= 0.3 is 0 Å². The molecule has 0 aromatic carbocycles. The first-order valence-corrected chi connectivity index (χ1v) is 11.8. The normalized spacial score (nSPS) is 24.1. The van der Waals surface area contributed by atoms with Crippen molar-refractivity contribution in [2.24, 2.45) is 0 Å². The number of aliphatic hydroxyl groups excluding tert-OH is 1. The fraction of sp³-hybridized carbons (Fsp3) is 0.435. The number of aromatic nitrogens is 5. The number of alkyl halides is 1. The first-order chi connectivity index (χ1) is 17.0. The molecule has 2 unspecified atom stereocenters. The van der Waals surface area contributed by atoms with Crippen molar-refractivity contribution in [2.45, 2.75) is 25.2 Å². The maximum Gasteiger partial charge on any atom is 0.231 e. The maximum absolute atomic E-state index is 14.1. The third-order valence-corrected chi connectivity index (χ3v) is 6.67. The molecule has 2 atom stereocenters. The lowest BCUT2D eigenvalue weighted by atomic mass is 10.1. The van der Waals surface area contributed by atoms with E-state index in [-0.39, 0.29) is 18.9 Å². The lowest BCUT2D eigenvalue weighted by Crippen LogP contribution is -2.47. The van der Waals surface area contributed by atoms with E-state index < -0.39 is 12.4 Å². The number of hydrogen-bond donors (Lipinski definition) is 2. The minimum absolute atomic E-state index is 0.119. The van der Waals surface area contributed by atoms with Crippen LogP contribution in [-0.2, 0) is 4.79 Å². The second kappa shape index (κ2) is 8.77. The molecule has 3 aliphatic rings. The van der Waals surface area contributed by atoms with E-state index >= 15 is 0 Å². The zero-order valence-corrected chi connectivity index (χ0v) is 19.1. The van der Waals surface area contributed by atoms with E-state index in [1.807, 2.05) is 23.1 Å². The van der Waals surface area contributed by atoms with Gasteiger partial charge in [0.2, 0.25) is 17.8 Å². The third kappa shape index (κ3) is 4.14. The highest BCUT2D eigenvalue weighted by molar-refractivity contribution is 5.85. The Kier molecular flexibility index (Phi) is 5.44. The molecule has 182 valence electrons. The molecule has 3 aromatic rings. The van der Waals surface area contributed by atoms with E-state index in [9.17, 15) is 14.3 Å². The predicted molar refractivity (Wildman–Crippen MR) is 128 cm³/mol. The molecule has 11 nitrogen and oxygen atoms in total. The number of amides is 1. The van der Waals surface area contributed by atoms with Crippen molar-refractivity contribution in [1.82, 2.24) is 29.9 Å². The van der Waals surface area contributed by atoms with Gasteiger partial charge in [-0.25, -0.2) is 9.37 Å². The number of anilines is 3. The molecule has 3 fully saturated rings. The molecule has 12 heteroatoms. The van der Waals surface area contributed by atoms with Crippen LogP contribution < -0.4 is 20.0 Å². The monoisotopic (exact) mass is 479 g/mol. The lowest BCUT2D eigenvalue weighted by molar-refractivity contribution is -0.120. The Hall–Kier alpha value is -3.80. The highest BCUT2D eigenvalue weighted by Gasteiger charge is 2.29. The summed E-state index contributed by atoms with van der Waals surface area (Å²) in [5, 5.41) is 17.1. The van der Waals surface area contributed by atoms with Gasteiger partial charge in [0.25, 0.3) is 0 Å². The summed E-state index contributed by atoms with van der Waals surface area (Å²) < 4.78 is 15.7. The summed E-state index contributed by atoms with van der Waals surface area (Å²) in [6.07, 6.45) is 3.81. The largest absolute Gasteiger partial charge is 0.370 e. The average molecular weight is 480 g/mol. The van der Waals surface area contributed by atoms with E-state index in [0.29, 0.717) is 54.7 Å². The van der Waals surface area contributed by atoms with Crippen LogP contribution in [0.3, 0.4) is 0 Å². The van der Waals surface area contributed by atoms with Gasteiger partial charge in [0, 0.05) is 44.5 Å². The first kappa shape index (κ1) is 21.7. The number of hydrogen-bond acceptors (Lipinski definition) is 9. The molecule has 1 amide bonds. The topological polar surface area (TPSA) is 115 Å². The molecule has 6 heterocycles. The number of rotatable bonds is 4. The minimum atomic E-state index is -1.02. The summed E-state index contributed by atoms with van der Waals surface area (Å²) in [7, 11) is 0. The van der Waals surface area contributed by atoms with E-state index in [4.69, 9.17) is 9.97 Å². The molecule has 2 N–H and O–H groups in total. The Morgan fingerprint density at radius 3 is 2.60 bits per heavy atom. The molecule has 0 bridgehead atoms. The van der Waals surface area contributed by atoms with Crippen molar-refractivity contribution in [2.75, 3.05) is 54.0 Å². The van der Waals surface area contributed by atoms with Crippen LogP contribution >= 0.6 is 0 Å². The summed E-state index contributed by atoms with van der Waals surface area (Å²) in [6.45, 7) is 3.76. The summed E-state index contributed by atoms with van der Waals surface area (Å²) in [5.74, 6) is 1.81. The molecule has 0 saturated carbocycles. The molecule has 0 radical (unpaired) electrons. The smallest absolute Gasteiger partial charge is 0.231 e. The van der Waals surface area contributed by atoms with Gasteiger partial charge in [-0.15, -0.1) is 0 Å². The third-order valence-electron chi connectivity index (χ3n) is 6.67. The van der Waals surface area contributed by atoms with E-state index in [2.05, 4.69) is 25.2 Å². The molecule has 0 aliphatic carbocycles. The molecule has 3 aromatic heterocycles. The maximum atomic E-state index is 14.1. The predicted octanol–water partition coefficient (Wildman–Crippen LogP) is 0.616. The van der Waals surface area contributed by atoms with Crippen LogP contribution in [0, 0.1) is 0 Å². The van der Waals surface area contributed by atoms with Crippen LogP contribution in [0.4, 0.5) is 22.1 Å². The van der Waals surface area contributed by atoms with Gasteiger partial charge in [-0.3, -0.25) is 4.79 Å². The number of halogens is 1. The van der Waals surface area contributed by atoms with Crippen LogP contribution in [0.5, 0.6) is 0 Å². The molecular formula is C23H26FN9O2. The molecule has 3 saturated heterocycles. The van der Waals surface area contributed by atoms with Crippen molar-refractivity contribution in [1.29, 1.82) is 0 Å². The van der Waals surface area contributed by atoms with Gasteiger partial charge in [-0.1, -0.05) is 6.07 Å². The number of pyridine rings is 1. The highest BCUT2D eigenvalue weighted by atomic mass is 19.1. The summed E-state index contributed by atoms with van der Waals surface area (Å²) in [6, 6.07) is 5.88. The molecular weight excluding hydrogens is 453 g/mol. The van der Waals surface area contributed by atoms with Crippen LogP contribution in [0.1, 0.15) is 18.4 Å². The standard InChI is InChI=1S/C23H26FN9O2/c24-17-4-6-32(14-17)23-29-22(31-9-7-30(8-10-31)18-3-1-2-5-25-18)28-20-16(13-26-33(20)23)11-15-12-19(34)27-21(15)35/h1-3,5,11,13,17,21,35H,4,6-10,12,14H2,(H,27,34). The number of carbonyl (C=O) groups is 1. The number of piperazine rings is 1. The number of aliphatic hydroxyl groups is 1. The zero-order valence-electron chi connectivity index (χ0n) is 19.1. The number of fused-ring (bicyclic) bond motifs is 1. The minimum Gasteiger partial charge on any atom is -0.370 e. The van der Waals surface area contributed by atoms with Gasteiger partial charge < -0.3 is 25.1 Å². The van der Waals surface area contributed by atoms with Crippen LogP contribution in [0.15, 0.2) is 36.2 Å². The number of nitrogens with one attached hydrogen (secondary N) is 1. The van der Waals surface area contributed by atoms with Gasteiger partial charge in [-0.2, -0.15) is 19.6 Å². The molecule has 6 rings (SSSR count). The quantitative estimate of drug-likeness (QED) is 0.556. The molecule has 35 heavy (non-hydrogen) atoms. The highest BCUT2D eigenvalue weighted by Crippen LogP contribution is 2.27. The number of nitrogens with zero attached hydrogens (tertiary/aromatic N) is 8. The zero-order chi connectivity index (χ0) is 23.9.